The van der Waals surface area contributed by atoms with Gasteiger partial charge in [0.15, 0.2) is 0 Å². The van der Waals surface area contributed by atoms with Crippen LogP contribution < -0.4 is 10.6 Å². The Morgan fingerprint density at radius 1 is 0.931 bits per heavy atom. The summed E-state index contributed by atoms with van der Waals surface area (Å²) < 4.78 is 0. The molecule has 0 unspecified atom stereocenters. The van der Waals surface area contributed by atoms with E-state index in [2.05, 4.69) is 50.8 Å². The molecule has 3 N–H and O–H groups in total. The summed E-state index contributed by atoms with van der Waals surface area (Å²) >= 11 is 0. The second kappa shape index (κ2) is 9.55. The fraction of sp³-hybridized carbons (Fsp3) is 0.565. The summed E-state index contributed by atoms with van der Waals surface area (Å²) in [6.07, 6.45) is 5.77. The topological polar surface area (TPSA) is 73.3 Å². The first kappa shape index (κ1) is 20.1. The van der Waals surface area contributed by atoms with Crippen LogP contribution in [0.15, 0.2) is 36.4 Å². The summed E-state index contributed by atoms with van der Waals surface area (Å²) in [7, 11) is 0. The molecule has 4 rings (SSSR count). The van der Waals surface area contributed by atoms with Gasteiger partial charge in [0.25, 0.3) is 0 Å². The van der Waals surface area contributed by atoms with E-state index in [0.29, 0.717) is 18.0 Å². The number of nitrogens with one attached hydrogen (secondary N) is 2. The van der Waals surface area contributed by atoms with E-state index < -0.39 is 0 Å². The Labute approximate surface area is 173 Å². The predicted octanol–water partition coefficient (Wildman–Crippen LogP) is 3.58. The van der Waals surface area contributed by atoms with Crippen molar-refractivity contribution in [2.45, 2.75) is 70.2 Å². The van der Waals surface area contributed by atoms with Gasteiger partial charge < -0.3 is 15.7 Å². The second-order valence-corrected chi connectivity index (χ2v) is 8.55. The highest BCUT2D eigenvalue weighted by Crippen LogP contribution is 2.23. The number of anilines is 2. The van der Waals surface area contributed by atoms with E-state index in [4.69, 9.17) is 4.98 Å². The molecule has 156 valence electrons. The maximum absolute atomic E-state index is 9.69. The lowest BCUT2D eigenvalue weighted by atomic mass is 9.93. The summed E-state index contributed by atoms with van der Waals surface area (Å²) in [6, 6.07) is 13.6. The Bertz CT molecular complexity index is 768. The number of rotatable bonds is 6. The summed E-state index contributed by atoms with van der Waals surface area (Å²) in [4.78, 5) is 11.8. The third kappa shape index (κ3) is 5.90. The van der Waals surface area contributed by atoms with Crippen LogP contribution in [-0.4, -0.2) is 51.3 Å². The van der Waals surface area contributed by atoms with Crippen LogP contribution in [0.1, 0.15) is 49.8 Å². The number of benzene rings is 1. The monoisotopic (exact) mass is 395 g/mol. The van der Waals surface area contributed by atoms with Gasteiger partial charge >= 0.3 is 0 Å². The summed E-state index contributed by atoms with van der Waals surface area (Å²) in [5.74, 6) is 1.62. The van der Waals surface area contributed by atoms with Crippen LogP contribution in [0.5, 0.6) is 0 Å². The van der Waals surface area contributed by atoms with Crippen LogP contribution in [0.25, 0.3) is 0 Å². The highest BCUT2D eigenvalue weighted by atomic mass is 16.3. The molecule has 1 saturated carbocycles. The van der Waals surface area contributed by atoms with Crippen molar-refractivity contribution < 1.29 is 5.11 Å². The van der Waals surface area contributed by atoms with Gasteiger partial charge in [-0.3, -0.25) is 4.90 Å². The Morgan fingerprint density at radius 2 is 1.62 bits per heavy atom. The summed E-state index contributed by atoms with van der Waals surface area (Å²) in [6.45, 7) is 5.26. The van der Waals surface area contributed by atoms with Gasteiger partial charge in [0.2, 0.25) is 5.95 Å². The highest BCUT2D eigenvalue weighted by molar-refractivity contribution is 5.43. The Balaban J connectivity index is 1.29. The second-order valence-electron chi connectivity index (χ2n) is 8.55. The zero-order valence-electron chi connectivity index (χ0n) is 17.3. The normalized spacial score (nSPS) is 23.7. The lowest BCUT2D eigenvalue weighted by Gasteiger charge is -2.32. The molecule has 6 nitrogen and oxygen atoms in total. The van der Waals surface area contributed by atoms with Crippen LogP contribution in [0.3, 0.4) is 0 Å². The predicted molar refractivity (Wildman–Crippen MR) is 117 cm³/mol. The molecule has 0 amide bonds. The van der Waals surface area contributed by atoms with E-state index >= 15 is 0 Å². The molecule has 0 spiro atoms. The van der Waals surface area contributed by atoms with Gasteiger partial charge in [-0.1, -0.05) is 30.3 Å². The molecular formula is C23H33N5O. The molecule has 0 atom stereocenters. The molecule has 2 fully saturated rings. The van der Waals surface area contributed by atoms with Crippen LogP contribution in [-0.2, 0) is 6.54 Å². The van der Waals surface area contributed by atoms with Gasteiger partial charge in [-0.25, -0.2) is 4.98 Å². The van der Waals surface area contributed by atoms with Gasteiger partial charge in [-0.15, -0.1) is 0 Å². The molecule has 0 bridgehead atoms. The van der Waals surface area contributed by atoms with Crippen molar-refractivity contribution in [1.82, 2.24) is 14.9 Å². The highest BCUT2D eigenvalue weighted by Gasteiger charge is 2.22. The number of hydrogen-bond donors (Lipinski definition) is 3. The van der Waals surface area contributed by atoms with Crippen molar-refractivity contribution in [3.05, 3.63) is 47.7 Å². The molecule has 0 radical (unpaired) electrons. The van der Waals surface area contributed by atoms with Crippen LogP contribution >= 0.6 is 0 Å². The van der Waals surface area contributed by atoms with Crippen molar-refractivity contribution in [1.29, 1.82) is 0 Å². The van der Waals surface area contributed by atoms with E-state index in [9.17, 15) is 5.11 Å². The molecule has 2 aliphatic rings. The standard InChI is InChI=1S/C23H33N5O/c1-17-15-22(27-23(24-17)26-19-7-9-21(29)10-8-19)25-20-11-13-28(14-12-20)16-18-5-3-2-4-6-18/h2-6,15,19-21,29H,7-14,16H2,1H3,(H2,24,25,26,27). The molecule has 2 heterocycles. The number of nitrogens with zero attached hydrogens (tertiary/aromatic N) is 3. The minimum absolute atomic E-state index is 0.142. The van der Waals surface area contributed by atoms with Crippen molar-refractivity contribution in [2.24, 2.45) is 0 Å². The smallest absolute Gasteiger partial charge is 0.225 e. The first-order valence-corrected chi connectivity index (χ1v) is 11.0. The largest absolute Gasteiger partial charge is 0.393 e. The zero-order valence-corrected chi connectivity index (χ0v) is 17.3. The Hall–Kier alpha value is -2.18. The minimum atomic E-state index is -0.142. The van der Waals surface area contributed by atoms with Gasteiger partial charge in [0, 0.05) is 43.5 Å². The third-order valence-corrected chi connectivity index (χ3v) is 6.07. The first-order valence-electron chi connectivity index (χ1n) is 11.0. The fourth-order valence-electron chi connectivity index (χ4n) is 4.40. The minimum Gasteiger partial charge on any atom is -0.393 e. The molecule has 1 aromatic carbocycles. The number of likely N-dealkylation sites (tertiary alicyclic amines) is 1. The van der Waals surface area contributed by atoms with Gasteiger partial charge in [0.05, 0.1) is 6.10 Å². The van der Waals surface area contributed by atoms with E-state index in [-0.39, 0.29) is 6.10 Å². The Kier molecular flexibility index (Phi) is 6.62. The summed E-state index contributed by atoms with van der Waals surface area (Å²) in [5.41, 5.74) is 2.36. The molecular weight excluding hydrogens is 362 g/mol. The van der Waals surface area contributed by atoms with E-state index in [1.165, 1.54) is 5.56 Å². The lowest BCUT2D eigenvalue weighted by molar-refractivity contribution is 0.126. The Morgan fingerprint density at radius 3 is 2.34 bits per heavy atom. The van der Waals surface area contributed by atoms with E-state index in [1.54, 1.807) is 0 Å². The number of piperidine rings is 1. The van der Waals surface area contributed by atoms with Crippen LogP contribution in [0.2, 0.25) is 0 Å². The quantitative estimate of drug-likeness (QED) is 0.694. The molecule has 1 aromatic heterocycles. The third-order valence-electron chi connectivity index (χ3n) is 6.07. The van der Waals surface area contributed by atoms with Crippen molar-refractivity contribution in [3.63, 3.8) is 0 Å². The number of aromatic nitrogens is 2. The molecule has 2 aromatic rings. The number of hydrogen-bond acceptors (Lipinski definition) is 6. The van der Waals surface area contributed by atoms with Gasteiger partial charge in [-0.05, 0) is 51.0 Å². The van der Waals surface area contributed by atoms with Crippen molar-refractivity contribution >= 4 is 11.8 Å². The summed E-state index contributed by atoms with van der Waals surface area (Å²) in [5, 5.41) is 16.8. The number of aliphatic hydroxyl groups is 1. The molecule has 1 aliphatic heterocycles. The maximum atomic E-state index is 9.69. The SMILES string of the molecule is Cc1cc(NC2CCN(Cc3ccccc3)CC2)nc(NC2CCC(O)CC2)n1. The zero-order chi connectivity index (χ0) is 20.1. The van der Waals surface area contributed by atoms with Crippen LogP contribution in [0.4, 0.5) is 11.8 Å². The average Bonchev–Trinajstić information content (AvgIpc) is 2.72. The molecule has 6 heteroatoms. The average molecular weight is 396 g/mol. The molecule has 1 saturated heterocycles. The lowest BCUT2D eigenvalue weighted by Crippen LogP contribution is -2.38. The number of aliphatic hydroxyl groups excluding tert-OH is 1. The first-order chi connectivity index (χ1) is 14.1. The molecule has 29 heavy (non-hydrogen) atoms. The van der Waals surface area contributed by atoms with Gasteiger partial charge in [0.1, 0.15) is 5.82 Å². The van der Waals surface area contributed by atoms with Crippen LogP contribution in [0, 0.1) is 6.92 Å². The van der Waals surface area contributed by atoms with Gasteiger partial charge in [-0.2, -0.15) is 4.98 Å². The molecule has 1 aliphatic carbocycles. The van der Waals surface area contributed by atoms with E-state index in [1.807, 2.05) is 13.0 Å². The van der Waals surface area contributed by atoms with E-state index in [0.717, 1.165) is 69.7 Å². The maximum Gasteiger partial charge on any atom is 0.225 e. The van der Waals surface area contributed by atoms with Crippen molar-refractivity contribution in [3.8, 4) is 0 Å². The number of aryl methyl sites for hydroxylation is 1. The van der Waals surface area contributed by atoms with Crippen molar-refractivity contribution in [2.75, 3.05) is 23.7 Å². The fourth-order valence-corrected chi connectivity index (χ4v) is 4.40.